The summed E-state index contributed by atoms with van der Waals surface area (Å²) in [6.45, 7) is 14.6. The van der Waals surface area contributed by atoms with Crippen molar-refractivity contribution in [3.8, 4) is 44.5 Å². The average molecular weight is 902 g/mol. The topological polar surface area (TPSA) is 3.24 Å². The molecule has 0 saturated heterocycles. The van der Waals surface area contributed by atoms with E-state index in [1.807, 2.05) is 0 Å². The Labute approximate surface area is 414 Å². The molecule has 0 aromatic heterocycles. The maximum atomic E-state index is 2.67. The molecule has 0 spiro atoms. The molecule has 0 fully saturated rings. The Balaban J connectivity index is 0.865. The molecule has 0 N–H and O–H groups in total. The van der Waals surface area contributed by atoms with Crippen molar-refractivity contribution in [2.45, 2.75) is 76.2 Å². The summed E-state index contributed by atoms with van der Waals surface area (Å²) in [5, 5.41) is 0. The molecular weight excluding hydrogens is 843 g/mol. The summed E-state index contributed by atoms with van der Waals surface area (Å²) in [6.07, 6.45) is 13.4. The van der Waals surface area contributed by atoms with Crippen LogP contribution in [0.4, 0.5) is 11.4 Å². The molecule has 0 radical (unpaired) electrons. The minimum absolute atomic E-state index is 0.00887. The molecule has 3 unspecified atom stereocenters. The Bertz CT molecular complexity index is 3520. The number of allylic oxidation sites excluding steroid dienone is 6. The van der Waals surface area contributed by atoms with Gasteiger partial charge in [-0.15, -0.1) is 0 Å². The number of nitrogens with zero attached hydrogens (tertiary/aromatic N) is 1. The van der Waals surface area contributed by atoms with Gasteiger partial charge in [-0.2, -0.15) is 0 Å². The normalized spacial score (nSPS) is 20.2. The van der Waals surface area contributed by atoms with Crippen LogP contribution in [0.1, 0.15) is 92.8 Å². The number of hydrogen-bond acceptors (Lipinski definition) is 1. The van der Waals surface area contributed by atoms with Gasteiger partial charge in [0.05, 0.1) is 6.04 Å². The first-order valence-corrected chi connectivity index (χ1v) is 25.4. The van der Waals surface area contributed by atoms with Gasteiger partial charge >= 0.3 is 0 Å². The number of fused-ring (bicyclic) bond motifs is 9. The molecule has 0 saturated carbocycles. The summed E-state index contributed by atoms with van der Waals surface area (Å²) >= 11 is 0. The largest absolute Gasteiger partial charge is 0.334 e. The summed E-state index contributed by atoms with van der Waals surface area (Å²) < 4.78 is 0. The molecular formula is C69H59N. The molecule has 0 amide bonds. The highest BCUT2D eigenvalue weighted by Crippen LogP contribution is 2.62. The predicted octanol–water partition coefficient (Wildman–Crippen LogP) is 17.8. The quantitative estimate of drug-likeness (QED) is 0.154. The van der Waals surface area contributed by atoms with Gasteiger partial charge in [0.15, 0.2) is 0 Å². The van der Waals surface area contributed by atoms with E-state index in [0.717, 1.165) is 6.42 Å². The third kappa shape index (κ3) is 6.51. The van der Waals surface area contributed by atoms with Crippen LogP contribution in [0.25, 0.3) is 55.7 Å². The van der Waals surface area contributed by atoms with Crippen LogP contribution in [-0.4, -0.2) is 6.04 Å². The summed E-state index contributed by atoms with van der Waals surface area (Å²) in [4.78, 5) is 2.59. The smallest absolute Gasteiger partial charge is 0.0560 e. The molecule has 1 heteroatoms. The summed E-state index contributed by atoms with van der Waals surface area (Å²) in [5.41, 5.74) is 26.6. The lowest BCUT2D eigenvalue weighted by Crippen LogP contribution is -2.30. The SMILES string of the molecule is CC1(C)C2=CC3c4cccc(-c5ccccc5)c4C(C)(C)C3C=C2c2ccc(N(c3ccc(-c4ccc5c(c4)-c4ccccc4C5(C)C)cc3)C3C=CC(c4ccc(-c5ccccc5)cc4)=CC3)cc21. The number of hydrogen-bond donors (Lipinski definition) is 0. The zero-order valence-electron chi connectivity index (χ0n) is 41.2. The second-order valence-electron chi connectivity index (χ2n) is 22.0. The van der Waals surface area contributed by atoms with E-state index in [0.29, 0.717) is 11.8 Å². The van der Waals surface area contributed by atoms with E-state index in [4.69, 9.17) is 0 Å². The molecule has 340 valence electrons. The molecule has 5 aliphatic rings. The minimum atomic E-state index is -0.163. The lowest BCUT2D eigenvalue weighted by atomic mass is 9.69. The van der Waals surface area contributed by atoms with Gasteiger partial charge in [0, 0.05) is 28.1 Å². The Morgan fingerprint density at radius 1 is 0.443 bits per heavy atom. The van der Waals surface area contributed by atoms with E-state index in [1.54, 1.807) is 0 Å². The van der Waals surface area contributed by atoms with E-state index in [9.17, 15) is 0 Å². The third-order valence-corrected chi connectivity index (χ3v) is 17.1. The maximum absolute atomic E-state index is 2.67. The van der Waals surface area contributed by atoms with Gasteiger partial charge in [-0.25, -0.2) is 0 Å². The second kappa shape index (κ2) is 15.8. The maximum Gasteiger partial charge on any atom is 0.0560 e. The molecule has 5 aliphatic carbocycles. The van der Waals surface area contributed by atoms with Crippen molar-refractivity contribution in [1.82, 2.24) is 0 Å². The zero-order chi connectivity index (χ0) is 47.5. The van der Waals surface area contributed by atoms with Gasteiger partial charge in [0.1, 0.15) is 0 Å². The number of rotatable bonds is 7. The number of benzene rings is 8. The third-order valence-electron chi connectivity index (χ3n) is 17.1. The van der Waals surface area contributed by atoms with Gasteiger partial charge in [0.2, 0.25) is 0 Å². The highest BCUT2D eigenvalue weighted by Gasteiger charge is 2.51. The molecule has 8 aromatic rings. The minimum Gasteiger partial charge on any atom is -0.334 e. The fourth-order valence-electron chi connectivity index (χ4n) is 13.4. The molecule has 8 aromatic carbocycles. The molecule has 0 bridgehead atoms. The second-order valence-corrected chi connectivity index (χ2v) is 22.0. The van der Waals surface area contributed by atoms with Gasteiger partial charge in [-0.05, 0) is 148 Å². The Morgan fingerprint density at radius 3 is 1.80 bits per heavy atom. The summed E-state index contributed by atoms with van der Waals surface area (Å²) in [5.74, 6) is 0.711. The predicted molar refractivity (Wildman–Crippen MR) is 296 cm³/mol. The van der Waals surface area contributed by atoms with Crippen LogP contribution >= 0.6 is 0 Å². The Morgan fingerprint density at radius 2 is 1.06 bits per heavy atom. The monoisotopic (exact) mass is 901 g/mol. The van der Waals surface area contributed by atoms with E-state index < -0.39 is 0 Å². The molecule has 0 heterocycles. The fraction of sp³-hybridized carbons (Fsp3) is 0.188. The van der Waals surface area contributed by atoms with Crippen LogP contribution in [0.3, 0.4) is 0 Å². The van der Waals surface area contributed by atoms with Crippen LogP contribution in [0.5, 0.6) is 0 Å². The molecule has 1 nitrogen and oxygen atoms in total. The van der Waals surface area contributed by atoms with Gasteiger partial charge in [0.25, 0.3) is 0 Å². The van der Waals surface area contributed by atoms with Crippen LogP contribution in [-0.2, 0) is 16.2 Å². The van der Waals surface area contributed by atoms with E-state index in [1.165, 1.54) is 112 Å². The van der Waals surface area contributed by atoms with Crippen molar-refractivity contribution in [2.75, 3.05) is 4.90 Å². The van der Waals surface area contributed by atoms with E-state index >= 15 is 0 Å². The van der Waals surface area contributed by atoms with Crippen molar-refractivity contribution in [3.63, 3.8) is 0 Å². The highest BCUT2D eigenvalue weighted by atomic mass is 15.2. The van der Waals surface area contributed by atoms with Gasteiger partial charge < -0.3 is 4.90 Å². The van der Waals surface area contributed by atoms with E-state index in [2.05, 4.69) is 265 Å². The van der Waals surface area contributed by atoms with Crippen LogP contribution < -0.4 is 4.90 Å². The lowest BCUT2D eigenvalue weighted by molar-refractivity contribution is 0.393. The molecule has 0 aliphatic heterocycles. The van der Waals surface area contributed by atoms with Crippen LogP contribution in [0.15, 0.2) is 224 Å². The van der Waals surface area contributed by atoms with Crippen molar-refractivity contribution >= 4 is 22.5 Å². The highest BCUT2D eigenvalue weighted by molar-refractivity contribution is 5.93. The average Bonchev–Trinajstić information content (AvgIpc) is 3.88. The van der Waals surface area contributed by atoms with Crippen molar-refractivity contribution in [1.29, 1.82) is 0 Å². The van der Waals surface area contributed by atoms with Crippen molar-refractivity contribution in [2.24, 2.45) is 5.92 Å². The van der Waals surface area contributed by atoms with E-state index in [-0.39, 0.29) is 22.3 Å². The first-order chi connectivity index (χ1) is 34.0. The summed E-state index contributed by atoms with van der Waals surface area (Å²) in [6, 6.07) is 70.6. The molecule has 3 atom stereocenters. The standard InChI is InChI=1S/C69H59N/c1-67(2)61-23-14-13-20-55(61)58-40-50(32-39-62(58)67)48-30-35-52(36-31-48)70(51-33-28-47(29-34-51)46-26-24-45(25-27-46)44-16-9-7-10-17-44)53-37-38-56-59-42-65-60(43-64(59)68(3,4)63(56)41-53)57-22-15-21-54(66(57)69(65,5)6)49-18-11-8-12-19-49/h7-33,35-43,51,60,65H,34H2,1-6H3. The van der Waals surface area contributed by atoms with Gasteiger partial charge in [-0.1, -0.05) is 230 Å². The van der Waals surface area contributed by atoms with Crippen molar-refractivity contribution in [3.05, 3.63) is 263 Å². The zero-order valence-corrected chi connectivity index (χ0v) is 41.2. The van der Waals surface area contributed by atoms with Crippen molar-refractivity contribution < 1.29 is 0 Å². The first-order valence-electron chi connectivity index (χ1n) is 25.4. The summed E-state index contributed by atoms with van der Waals surface area (Å²) in [7, 11) is 0. The number of anilines is 2. The first kappa shape index (κ1) is 42.6. The van der Waals surface area contributed by atoms with Crippen LogP contribution in [0.2, 0.25) is 0 Å². The Hall–Kier alpha value is -7.48. The molecule has 13 rings (SSSR count). The Kier molecular flexibility index (Phi) is 9.60. The van der Waals surface area contributed by atoms with Crippen LogP contribution in [0, 0.1) is 5.92 Å². The fourth-order valence-corrected chi connectivity index (χ4v) is 13.4. The molecule has 70 heavy (non-hydrogen) atoms. The van der Waals surface area contributed by atoms with Gasteiger partial charge in [-0.3, -0.25) is 0 Å². The lowest BCUT2D eigenvalue weighted by Gasteiger charge is -2.34.